The minimum absolute atomic E-state index is 0.0425. The predicted octanol–water partition coefficient (Wildman–Crippen LogP) is 3.21. The van der Waals surface area contributed by atoms with E-state index in [-0.39, 0.29) is 11.9 Å². The lowest BCUT2D eigenvalue weighted by molar-refractivity contribution is -0.137. The van der Waals surface area contributed by atoms with Crippen molar-refractivity contribution in [2.75, 3.05) is 18.0 Å². The van der Waals surface area contributed by atoms with Crippen LogP contribution in [0, 0.1) is 0 Å². The Hall–Kier alpha value is -2.64. The van der Waals surface area contributed by atoms with Crippen molar-refractivity contribution in [3.8, 4) is 0 Å². The first-order valence-corrected chi connectivity index (χ1v) is 8.89. The van der Waals surface area contributed by atoms with Crippen LogP contribution in [0.1, 0.15) is 30.5 Å². The highest BCUT2D eigenvalue weighted by atomic mass is 19.4. The first kappa shape index (κ1) is 19.1. The smallest absolute Gasteiger partial charge is 0.355 e. The van der Waals surface area contributed by atoms with Crippen LogP contribution in [0.4, 0.5) is 19.0 Å². The van der Waals surface area contributed by atoms with E-state index in [1.54, 1.807) is 6.20 Å². The lowest BCUT2D eigenvalue weighted by atomic mass is 10.0. The Kier molecular flexibility index (Phi) is 5.93. The fraction of sp³-hybridized carbons (Fsp3) is 0.421. The molecule has 1 aliphatic rings. The van der Waals surface area contributed by atoms with Crippen LogP contribution in [0.2, 0.25) is 0 Å². The number of nitrogens with zero attached hydrogens (tertiary/aromatic N) is 3. The van der Waals surface area contributed by atoms with Crippen LogP contribution in [0.15, 0.2) is 42.7 Å². The van der Waals surface area contributed by atoms with E-state index in [0.29, 0.717) is 31.7 Å². The minimum Gasteiger partial charge on any atom is -0.355 e. The summed E-state index contributed by atoms with van der Waals surface area (Å²) >= 11 is 0. The summed E-state index contributed by atoms with van der Waals surface area (Å²) in [7, 11) is 0. The zero-order chi connectivity index (χ0) is 19.3. The van der Waals surface area contributed by atoms with Crippen LogP contribution < -0.4 is 10.2 Å². The molecule has 0 aliphatic carbocycles. The van der Waals surface area contributed by atoms with Crippen molar-refractivity contribution < 1.29 is 18.0 Å². The monoisotopic (exact) mass is 378 g/mol. The molecule has 3 heterocycles. The molecule has 1 unspecified atom stereocenters. The molecule has 1 aliphatic heterocycles. The zero-order valence-corrected chi connectivity index (χ0v) is 14.7. The molecule has 3 rings (SSSR count). The van der Waals surface area contributed by atoms with E-state index in [2.05, 4.69) is 15.3 Å². The number of carbonyl (C=O) groups is 1. The second-order valence-electron chi connectivity index (χ2n) is 6.58. The van der Waals surface area contributed by atoms with Crippen molar-refractivity contribution in [3.63, 3.8) is 0 Å². The number of piperidine rings is 1. The number of hydrogen-bond donors (Lipinski definition) is 1. The number of hydrogen-bond acceptors (Lipinski definition) is 4. The maximum absolute atomic E-state index is 12.7. The Balaban J connectivity index is 1.52. The maximum atomic E-state index is 12.7. The molecule has 2 aromatic heterocycles. The van der Waals surface area contributed by atoms with E-state index in [1.807, 2.05) is 23.1 Å². The summed E-state index contributed by atoms with van der Waals surface area (Å²) < 4.78 is 38.0. The van der Waals surface area contributed by atoms with Crippen molar-refractivity contribution in [2.24, 2.45) is 0 Å². The summed E-state index contributed by atoms with van der Waals surface area (Å²) in [6.07, 6.45) is 0.765. The van der Waals surface area contributed by atoms with Crippen molar-refractivity contribution in [3.05, 3.63) is 54.0 Å². The van der Waals surface area contributed by atoms with E-state index in [1.165, 1.54) is 6.07 Å². The Morgan fingerprint density at radius 3 is 2.74 bits per heavy atom. The van der Waals surface area contributed by atoms with Crippen LogP contribution in [0.5, 0.6) is 0 Å². The van der Waals surface area contributed by atoms with Gasteiger partial charge in [-0.25, -0.2) is 4.98 Å². The van der Waals surface area contributed by atoms with E-state index >= 15 is 0 Å². The molecule has 0 spiro atoms. The number of rotatable bonds is 5. The fourth-order valence-electron chi connectivity index (χ4n) is 3.13. The third-order valence-corrected chi connectivity index (χ3v) is 4.52. The number of alkyl halides is 3. The molecule has 0 aromatic carbocycles. The van der Waals surface area contributed by atoms with Crippen LogP contribution in [0.3, 0.4) is 0 Å². The molecule has 0 bridgehead atoms. The molecule has 8 heteroatoms. The number of carbonyl (C=O) groups excluding carboxylic acids is 1. The molecule has 5 nitrogen and oxygen atoms in total. The molecule has 144 valence electrons. The first-order chi connectivity index (χ1) is 12.9. The second-order valence-corrected chi connectivity index (χ2v) is 6.58. The van der Waals surface area contributed by atoms with Gasteiger partial charge < -0.3 is 10.2 Å². The maximum Gasteiger partial charge on any atom is 0.417 e. The molecule has 2 aromatic rings. The number of aryl methyl sites for hydroxylation is 1. The topological polar surface area (TPSA) is 58.1 Å². The van der Waals surface area contributed by atoms with Gasteiger partial charge in [0.25, 0.3) is 0 Å². The van der Waals surface area contributed by atoms with E-state index in [4.69, 9.17) is 0 Å². The average molecular weight is 378 g/mol. The highest BCUT2D eigenvalue weighted by Crippen LogP contribution is 2.29. The molecule has 1 saturated heterocycles. The molecule has 1 fully saturated rings. The highest BCUT2D eigenvalue weighted by molar-refractivity contribution is 5.76. The molecular weight excluding hydrogens is 357 g/mol. The van der Waals surface area contributed by atoms with Crippen molar-refractivity contribution in [1.29, 1.82) is 0 Å². The van der Waals surface area contributed by atoms with Crippen LogP contribution in [-0.2, 0) is 17.4 Å². The lowest BCUT2D eigenvalue weighted by Crippen LogP contribution is -2.48. The number of amides is 1. The average Bonchev–Trinajstić information content (AvgIpc) is 2.67. The normalized spacial score (nSPS) is 17.6. The summed E-state index contributed by atoms with van der Waals surface area (Å²) in [5.41, 5.74) is 0.106. The number of halogens is 3. The standard InChI is InChI=1S/C19H21F3N4O/c20-19(21,22)14-6-8-17(24-12-14)26-11-3-5-16(13-26)25-18(27)9-7-15-4-1-2-10-23-15/h1-2,4,6,8,10,12,16H,3,5,7,9,11,13H2,(H,25,27). The van der Waals surface area contributed by atoms with Gasteiger partial charge in [0.15, 0.2) is 0 Å². The summed E-state index contributed by atoms with van der Waals surface area (Å²) in [5.74, 6) is 0.448. The lowest BCUT2D eigenvalue weighted by Gasteiger charge is -2.34. The fourth-order valence-corrected chi connectivity index (χ4v) is 3.13. The number of nitrogens with one attached hydrogen (secondary N) is 1. The third-order valence-electron chi connectivity index (χ3n) is 4.52. The molecule has 1 atom stereocenters. The number of aromatic nitrogens is 2. The van der Waals surface area contributed by atoms with Gasteiger partial charge in [-0.15, -0.1) is 0 Å². The number of pyridine rings is 2. The molecule has 27 heavy (non-hydrogen) atoms. The van der Waals surface area contributed by atoms with E-state index in [9.17, 15) is 18.0 Å². The van der Waals surface area contributed by atoms with Gasteiger partial charge in [-0.1, -0.05) is 6.07 Å². The quantitative estimate of drug-likeness (QED) is 0.868. The summed E-state index contributed by atoms with van der Waals surface area (Å²) in [6.45, 7) is 1.24. The summed E-state index contributed by atoms with van der Waals surface area (Å²) in [6, 6.07) is 7.97. The largest absolute Gasteiger partial charge is 0.417 e. The Morgan fingerprint density at radius 1 is 1.22 bits per heavy atom. The van der Waals surface area contributed by atoms with Crippen LogP contribution >= 0.6 is 0 Å². The minimum atomic E-state index is -4.39. The van der Waals surface area contributed by atoms with Crippen molar-refractivity contribution in [1.82, 2.24) is 15.3 Å². The van der Waals surface area contributed by atoms with Gasteiger partial charge in [0.1, 0.15) is 5.82 Å². The SMILES string of the molecule is O=C(CCc1ccccn1)NC1CCCN(c2ccc(C(F)(F)F)cn2)C1. The van der Waals surface area contributed by atoms with Gasteiger partial charge in [0.2, 0.25) is 5.91 Å². The summed E-state index contributed by atoms with van der Waals surface area (Å²) in [5, 5.41) is 3.01. The molecule has 0 radical (unpaired) electrons. The predicted molar refractivity (Wildman–Crippen MR) is 95.2 cm³/mol. The van der Waals surface area contributed by atoms with Gasteiger partial charge in [0, 0.05) is 43.6 Å². The molecule has 1 amide bonds. The van der Waals surface area contributed by atoms with Crippen molar-refractivity contribution in [2.45, 2.75) is 37.9 Å². The van der Waals surface area contributed by atoms with Crippen molar-refractivity contribution >= 4 is 11.7 Å². The summed E-state index contributed by atoms with van der Waals surface area (Å²) in [4.78, 5) is 22.2. The van der Waals surface area contributed by atoms with E-state index in [0.717, 1.165) is 30.8 Å². The number of anilines is 1. The second kappa shape index (κ2) is 8.37. The molecule has 1 N–H and O–H groups in total. The Bertz CT molecular complexity index is 750. The molecular formula is C19H21F3N4O. The zero-order valence-electron chi connectivity index (χ0n) is 14.7. The van der Waals surface area contributed by atoms with Gasteiger partial charge in [-0.3, -0.25) is 9.78 Å². The van der Waals surface area contributed by atoms with Gasteiger partial charge in [-0.05, 0) is 43.5 Å². The van der Waals surface area contributed by atoms with Gasteiger partial charge in [0.05, 0.1) is 5.56 Å². The third kappa shape index (κ3) is 5.42. The van der Waals surface area contributed by atoms with Gasteiger partial charge >= 0.3 is 6.18 Å². The molecule has 0 saturated carbocycles. The van der Waals surface area contributed by atoms with Gasteiger partial charge in [-0.2, -0.15) is 13.2 Å². The van der Waals surface area contributed by atoms with E-state index < -0.39 is 11.7 Å². The highest BCUT2D eigenvalue weighted by Gasteiger charge is 2.31. The van der Waals surface area contributed by atoms with Crippen LogP contribution in [0.25, 0.3) is 0 Å². The Morgan fingerprint density at radius 2 is 2.07 bits per heavy atom. The first-order valence-electron chi connectivity index (χ1n) is 8.89. The Labute approximate surface area is 155 Å². The van der Waals surface area contributed by atoms with Crippen LogP contribution in [-0.4, -0.2) is 35.0 Å².